The van der Waals surface area contributed by atoms with Crippen LogP contribution in [0.1, 0.15) is 20.8 Å². The second kappa shape index (κ2) is 7.04. The molecule has 1 aliphatic heterocycles. The molecule has 1 fully saturated rings. The molecule has 9 nitrogen and oxygen atoms in total. The van der Waals surface area contributed by atoms with Crippen molar-refractivity contribution < 1.29 is 14.3 Å². The number of carbonyl (C=O) groups is 2. The van der Waals surface area contributed by atoms with Crippen LogP contribution in [0, 0.1) is 5.92 Å². The minimum atomic E-state index is -0.475. The number of piperazine rings is 1. The van der Waals surface area contributed by atoms with Gasteiger partial charge in [-0.25, -0.2) is 0 Å². The summed E-state index contributed by atoms with van der Waals surface area (Å²) >= 11 is 0. The molecule has 0 saturated carbocycles. The Morgan fingerprint density at radius 1 is 1.36 bits per heavy atom. The summed E-state index contributed by atoms with van der Waals surface area (Å²) in [6, 6.07) is 2.86. The van der Waals surface area contributed by atoms with Crippen LogP contribution < -0.4 is 4.74 Å². The minimum absolute atomic E-state index is 0.0164. The predicted molar refractivity (Wildman–Crippen MR) is 88.9 cm³/mol. The number of fused-ring (bicyclic) bond motifs is 1. The van der Waals surface area contributed by atoms with Gasteiger partial charge in [0.15, 0.2) is 12.3 Å². The van der Waals surface area contributed by atoms with E-state index in [-0.39, 0.29) is 18.4 Å². The highest BCUT2D eigenvalue weighted by atomic mass is 16.5. The Kier molecular flexibility index (Phi) is 4.82. The number of carbonyl (C=O) groups excluding carboxylic acids is 2. The molecule has 0 aliphatic carbocycles. The first-order valence-corrected chi connectivity index (χ1v) is 8.34. The van der Waals surface area contributed by atoms with E-state index in [2.05, 4.69) is 29.1 Å². The van der Waals surface area contributed by atoms with Gasteiger partial charge in [0.25, 0.3) is 5.91 Å². The summed E-state index contributed by atoms with van der Waals surface area (Å²) < 4.78 is 6.94. The summed E-state index contributed by atoms with van der Waals surface area (Å²) in [4.78, 5) is 28.3. The number of ether oxygens (including phenoxy) is 1. The highest BCUT2D eigenvalue weighted by molar-refractivity contribution is 5.89. The molecular weight excluding hydrogens is 324 g/mol. The highest BCUT2D eigenvalue weighted by Gasteiger charge is 2.34. The molecule has 2 aromatic rings. The second-order valence-corrected chi connectivity index (χ2v) is 6.54. The Labute approximate surface area is 145 Å². The van der Waals surface area contributed by atoms with E-state index in [0.717, 1.165) is 0 Å². The molecule has 3 rings (SSSR count). The zero-order valence-corrected chi connectivity index (χ0v) is 14.6. The smallest absolute Gasteiger partial charge is 0.261 e. The van der Waals surface area contributed by atoms with Gasteiger partial charge < -0.3 is 14.5 Å². The molecule has 1 atom stereocenters. The van der Waals surface area contributed by atoms with Crippen LogP contribution >= 0.6 is 0 Å². The summed E-state index contributed by atoms with van der Waals surface area (Å²) in [6.45, 7) is 7.52. The lowest BCUT2D eigenvalue weighted by Gasteiger charge is -2.39. The van der Waals surface area contributed by atoms with Gasteiger partial charge in [-0.15, -0.1) is 15.3 Å². The maximum Gasteiger partial charge on any atom is 0.261 e. The molecule has 0 bridgehead atoms. The molecule has 3 heterocycles. The van der Waals surface area contributed by atoms with Crippen molar-refractivity contribution in [3.63, 3.8) is 0 Å². The molecule has 0 radical (unpaired) electrons. The summed E-state index contributed by atoms with van der Waals surface area (Å²) in [5.41, 5.74) is 0.596. The van der Waals surface area contributed by atoms with Gasteiger partial charge in [0.1, 0.15) is 12.4 Å². The molecule has 2 amide bonds. The van der Waals surface area contributed by atoms with Crippen molar-refractivity contribution in [2.24, 2.45) is 5.92 Å². The quantitative estimate of drug-likeness (QED) is 0.769. The monoisotopic (exact) mass is 346 g/mol. The van der Waals surface area contributed by atoms with E-state index < -0.39 is 6.04 Å². The number of nitrogens with zero attached hydrogens (tertiary/aromatic N) is 6. The third-order valence-corrected chi connectivity index (χ3v) is 4.13. The number of amides is 2. The van der Waals surface area contributed by atoms with E-state index in [1.807, 2.05) is 4.90 Å². The standard InChI is InChI=1S/C16H22N6O3/c1-11(2)8-20-6-7-21(12(3)16(20)24)15(23)9-25-14-5-4-13-18-17-10-22(13)19-14/h4-5,10-12H,6-9H2,1-3H3/t12-/m1/s1. The average Bonchev–Trinajstić information content (AvgIpc) is 3.04. The molecule has 2 aromatic heterocycles. The Bertz CT molecular complexity index is 774. The van der Waals surface area contributed by atoms with Crippen LogP contribution in [0.4, 0.5) is 0 Å². The van der Waals surface area contributed by atoms with Crippen molar-refractivity contribution in [2.75, 3.05) is 26.2 Å². The largest absolute Gasteiger partial charge is 0.467 e. The molecule has 1 aliphatic rings. The normalized spacial score (nSPS) is 18.2. The lowest BCUT2D eigenvalue weighted by molar-refractivity contribution is -0.152. The van der Waals surface area contributed by atoms with E-state index in [0.29, 0.717) is 37.1 Å². The third kappa shape index (κ3) is 3.70. The lowest BCUT2D eigenvalue weighted by atomic mass is 10.1. The molecule has 0 aromatic carbocycles. The zero-order valence-electron chi connectivity index (χ0n) is 14.6. The van der Waals surface area contributed by atoms with Gasteiger partial charge in [0, 0.05) is 25.7 Å². The van der Waals surface area contributed by atoms with Crippen LogP contribution in [-0.2, 0) is 9.59 Å². The van der Waals surface area contributed by atoms with Gasteiger partial charge in [-0.2, -0.15) is 4.52 Å². The van der Waals surface area contributed by atoms with Crippen molar-refractivity contribution in [2.45, 2.75) is 26.8 Å². The van der Waals surface area contributed by atoms with E-state index in [4.69, 9.17) is 4.74 Å². The van der Waals surface area contributed by atoms with Gasteiger partial charge in [0.2, 0.25) is 11.8 Å². The minimum Gasteiger partial charge on any atom is -0.467 e. The first-order chi connectivity index (χ1) is 12.0. The summed E-state index contributed by atoms with van der Waals surface area (Å²) in [7, 11) is 0. The Morgan fingerprint density at radius 2 is 2.16 bits per heavy atom. The number of hydrogen-bond acceptors (Lipinski definition) is 6. The topological polar surface area (TPSA) is 92.9 Å². The van der Waals surface area contributed by atoms with Crippen molar-refractivity contribution >= 4 is 17.5 Å². The summed E-state index contributed by atoms with van der Waals surface area (Å²) in [5, 5.41) is 11.7. The Balaban J connectivity index is 1.58. The molecular formula is C16H22N6O3. The van der Waals surface area contributed by atoms with Crippen molar-refractivity contribution in [3.05, 3.63) is 18.5 Å². The lowest BCUT2D eigenvalue weighted by Crippen LogP contribution is -2.58. The van der Waals surface area contributed by atoms with Crippen molar-refractivity contribution in [1.82, 2.24) is 29.6 Å². The Morgan fingerprint density at radius 3 is 2.92 bits per heavy atom. The van der Waals surface area contributed by atoms with Crippen LogP contribution in [0.3, 0.4) is 0 Å². The van der Waals surface area contributed by atoms with Crippen molar-refractivity contribution in [3.8, 4) is 5.88 Å². The maximum absolute atomic E-state index is 12.4. The fourth-order valence-electron chi connectivity index (χ4n) is 2.90. The maximum atomic E-state index is 12.4. The predicted octanol–water partition coefficient (Wildman–Crippen LogP) is 0.218. The molecule has 134 valence electrons. The van der Waals surface area contributed by atoms with E-state index in [1.54, 1.807) is 24.0 Å². The van der Waals surface area contributed by atoms with Crippen LogP contribution in [0.2, 0.25) is 0 Å². The molecule has 0 spiro atoms. The zero-order chi connectivity index (χ0) is 18.0. The van der Waals surface area contributed by atoms with Gasteiger partial charge >= 0.3 is 0 Å². The molecule has 9 heteroatoms. The van der Waals surface area contributed by atoms with E-state index in [1.165, 1.54) is 10.8 Å². The van der Waals surface area contributed by atoms with Crippen LogP contribution in [0.25, 0.3) is 5.65 Å². The fraction of sp³-hybridized carbons (Fsp3) is 0.562. The van der Waals surface area contributed by atoms with Crippen LogP contribution in [0.5, 0.6) is 5.88 Å². The van der Waals surface area contributed by atoms with Gasteiger partial charge in [-0.05, 0) is 18.9 Å². The first-order valence-electron chi connectivity index (χ1n) is 8.34. The molecule has 0 N–H and O–H groups in total. The third-order valence-electron chi connectivity index (χ3n) is 4.13. The molecule has 25 heavy (non-hydrogen) atoms. The highest BCUT2D eigenvalue weighted by Crippen LogP contribution is 2.14. The average molecular weight is 346 g/mol. The number of hydrogen-bond donors (Lipinski definition) is 0. The fourth-order valence-corrected chi connectivity index (χ4v) is 2.90. The van der Waals surface area contributed by atoms with E-state index in [9.17, 15) is 9.59 Å². The summed E-state index contributed by atoms with van der Waals surface area (Å²) in [6.07, 6.45) is 1.46. The van der Waals surface area contributed by atoms with Crippen LogP contribution in [-0.4, -0.2) is 73.7 Å². The van der Waals surface area contributed by atoms with Gasteiger partial charge in [-0.1, -0.05) is 13.8 Å². The van der Waals surface area contributed by atoms with Gasteiger partial charge in [-0.3, -0.25) is 9.59 Å². The molecule has 1 saturated heterocycles. The number of rotatable bonds is 5. The van der Waals surface area contributed by atoms with Crippen molar-refractivity contribution in [1.29, 1.82) is 0 Å². The Hall–Kier alpha value is -2.71. The molecule has 0 unspecified atom stereocenters. The van der Waals surface area contributed by atoms with E-state index >= 15 is 0 Å². The first kappa shape index (κ1) is 17.1. The van der Waals surface area contributed by atoms with Crippen LogP contribution in [0.15, 0.2) is 18.5 Å². The van der Waals surface area contributed by atoms with Gasteiger partial charge in [0.05, 0.1) is 0 Å². The SMILES string of the molecule is CC(C)CN1CCN(C(=O)COc2ccc3nncn3n2)[C@H](C)C1=O. The second-order valence-electron chi connectivity index (χ2n) is 6.54. The summed E-state index contributed by atoms with van der Waals surface area (Å²) in [5.74, 6) is 0.464. The number of aromatic nitrogens is 4.